The molecule has 0 radical (unpaired) electrons. The van der Waals surface area contributed by atoms with E-state index in [0.717, 1.165) is 11.1 Å². The predicted octanol–water partition coefficient (Wildman–Crippen LogP) is 3.79. The quantitative estimate of drug-likeness (QED) is 0.524. The van der Waals surface area contributed by atoms with Crippen molar-refractivity contribution in [1.82, 2.24) is 0 Å². The lowest BCUT2D eigenvalue weighted by Gasteiger charge is -2.07. The summed E-state index contributed by atoms with van der Waals surface area (Å²) in [6.07, 6.45) is 0. The Kier molecular flexibility index (Phi) is 2.76. The molecule has 0 aliphatic carbocycles. The van der Waals surface area contributed by atoms with E-state index in [4.69, 9.17) is 11.1 Å². The SMILES string of the molecule is N=C(N)c1ccc(-c2cccc3ccccc23)cc1. The maximum absolute atomic E-state index is 7.42. The van der Waals surface area contributed by atoms with Crippen LogP contribution in [0.3, 0.4) is 0 Å². The van der Waals surface area contributed by atoms with Gasteiger partial charge < -0.3 is 5.73 Å². The van der Waals surface area contributed by atoms with Crippen LogP contribution in [0.2, 0.25) is 0 Å². The van der Waals surface area contributed by atoms with Crippen molar-refractivity contribution in [3.8, 4) is 11.1 Å². The molecule has 2 heteroatoms. The molecule has 19 heavy (non-hydrogen) atoms. The van der Waals surface area contributed by atoms with Gasteiger partial charge in [0.05, 0.1) is 0 Å². The van der Waals surface area contributed by atoms with Gasteiger partial charge in [-0.05, 0) is 21.9 Å². The summed E-state index contributed by atoms with van der Waals surface area (Å²) in [6, 6.07) is 22.4. The van der Waals surface area contributed by atoms with Crippen LogP contribution in [-0.4, -0.2) is 5.84 Å². The summed E-state index contributed by atoms with van der Waals surface area (Å²) in [5.74, 6) is 0.101. The van der Waals surface area contributed by atoms with Gasteiger partial charge in [0.25, 0.3) is 0 Å². The van der Waals surface area contributed by atoms with Crippen LogP contribution in [0, 0.1) is 5.41 Å². The minimum Gasteiger partial charge on any atom is -0.384 e. The Morgan fingerprint density at radius 3 is 2.21 bits per heavy atom. The van der Waals surface area contributed by atoms with Gasteiger partial charge in [0.1, 0.15) is 5.84 Å². The van der Waals surface area contributed by atoms with E-state index in [-0.39, 0.29) is 5.84 Å². The van der Waals surface area contributed by atoms with Crippen LogP contribution in [0.25, 0.3) is 21.9 Å². The lowest BCUT2D eigenvalue weighted by molar-refractivity contribution is 1.42. The summed E-state index contributed by atoms with van der Waals surface area (Å²) in [6.45, 7) is 0. The van der Waals surface area contributed by atoms with Gasteiger partial charge in [-0.25, -0.2) is 0 Å². The van der Waals surface area contributed by atoms with Gasteiger partial charge in [0, 0.05) is 5.56 Å². The van der Waals surface area contributed by atoms with E-state index in [9.17, 15) is 0 Å². The molecule has 92 valence electrons. The third kappa shape index (κ3) is 2.08. The Bertz CT molecular complexity index is 737. The highest BCUT2D eigenvalue weighted by Crippen LogP contribution is 2.28. The molecule has 3 aromatic carbocycles. The second-order valence-electron chi connectivity index (χ2n) is 4.52. The molecule has 0 aromatic heterocycles. The molecule has 0 heterocycles. The number of rotatable bonds is 2. The minimum absolute atomic E-state index is 0.101. The summed E-state index contributed by atoms with van der Waals surface area (Å²) in [7, 11) is 0. The van der Waals surface area contributed by atoms with Crippen LogP contribution in [0.1, 0.15) is 5.56 Å². The number of nitrogens with two attached hydrogens (primary N) is 1. The topological polar surface area (TPSA) is 49.9 Å². The molecule has 0 aliphatic heterocycles. The molecule has 0 bridgehead atoms. The number of nitrogens with one attached hydrogen (secondary N) is 1. The third-order valence-electron chi connectivity index (χ3n) is 3.30. The molecule has 3 rings (SSSR count). The Morgan fingerprint density at radius 2 is 1.47 bits per heavy atom. The maximum atomic E-state index is 7.42. The molecule has 0 fully saturated rings. The molecular formula is C17H14N2. The van der Waals surface area contributed by atoms with Crippen LogP contribution >= 0.6 is 0 Å². The van der Waals surface area contributed by atoms with Gasteiger partial charge in [0.2, 0.25) is 0 Å². The molecule has 2 nitrogen and oxygen atoms in total. The fourth-order valence-electron chi connectivity index (χ4n) is 2.31. The first-order chi connectivity index (χ1) is 9.25. The first-order valence-corrected chi connectivity index (χ1v) is 6.18. The Hall–Kier alpha value is -2.61. The number of benzene rings is 3. The van der Waals surface area contributed by atoms with Crippen molar-refractivity contribution in [1.29, 1.82) is 5.41 Å². The zero-order valence-electron chi connectivity index (χ0n) is 10.4. The number of amidine groups is 1. The summed E-state index contributed by atoms with van der Waals surface area (Å²) in [5, 5.41) is 9.89. The van der Waals surface area contributed by atoms with Gasteiger partial charge >= 0.3 is 0 Å². The highest BCUT2D eigenvalue weighted by atomic mass is 14.7. The fourth-order valence-corrected chi connectivity index (χ4v) is 2.31. The monoisotopic (exact) mass is 246 g/mol. The van der Waals surface area contributed by atoms with Crippen LogP contribution in [0.4, 0.5) is 0 Å². The lowest BCUT2D eigenvalue weighted by atomic mass is 9.97. The Morgan fingerprint density at radius 1 is 0.789 bits per heavy atom. The normalized spacial score (nSPS) is 10.5. The summed E-state index contributed by atoms with van der Waals surface area (Å²) < 4.78 is 0. The van der Waals surface area contributed by atoms with Crippen LogP contribution in [-0.2, 0) is 0 Å². The van der Waals surface area contributed by atoms with E-state index in [2.05, 4.69) is 36.4 Å². The molecule has 0 atom stereocenters. The average molecular weight is 246 g/mol. The molecule has 0 saturated carbocycles. The first-order valence-electron chi connectivity index (χ1n) is 6.18. The van der Waals surface area contributed by atoms with E-state index in [1.807, 2.05) is 30.3 Å². The van der Waals surface area contributed by atoms with Gasteiger partial charge in [-0.15, -0.1) is 0 Å². The predicted molar refractivity (Wildman–Crippen MR) is 80.4 cm³/mol. The van der Waals surface area contributed by atoms with Crippen molar-refractivity contribution in [3.63, 3.8) is 0 Å². The number of nitrogen functional groups attached to an aromatic ring is 1. The lowest BCUT2D eigenvalue weighted by Crippen LogP contribution is -2.10. The Balaban J connectivity index is 2.16. The fraction of sp³-hybridized carbons (Fsp3) is 0. The molecule has 0 saturated heterocycles. The zero-order valence-corrected chi connectivity index (χ0v) is 10.4. The number of hydrogen-bond acceptors (Lipinski definition) is 1. The first kappa shape index (κ1) is 11.5. The van der Waals surface area contributed by atoms with Crippen molar-refractivity contribution in [2.75, 3.05) is 0 Å². The van der Waals surface area contributed by atoms with E-state index < -0.39 is 0 Å². The van der Waals surface area contributed by atoms with Gasteiger partial charge in [-0.3, -0.25) is 5.41 Å². The van der Waals surface area contributed by atoms with E-state index in [1.165, 1.54) is 16.3 Å². The zero-order chi connectivity index (χ0) is 13.2. The molecule has 0 amide bonds. The van der Waals surface area contributed by atoms with Gasteiger partial charge in [0.15, 0.2) is 0 Å². The summed E-state index contributed by atoms with van der Waals surface area (Å²) in [4.78, 5) is 0. The number of fused-ring (bicyclic) bond motifs is 1. The molecular weight excluding hydrogens is 232 g/mol. The highest BCUT2D eigenvalue weighted by molar-refractivity contribution is 5.98. The van der Waals surface area contributed by atoms with E-state index >= 15 is 0 Å². The summed E-state index contributed by atoms with van der Waals surface area (Å²) >= 11 is 0. The molecule has 3 aromatic rings. The largest absolute Gasteiger partial charge is 0.384 e. The van der Waals surface area contributed by atoms with Crippen LogP contribution < -0.4 is 5.73 Å². The molecule has 0 spiro atoms. The Labute approximate surface area is 112 Å². The van der Waals surface area contributed by atoms with Crippen molar-refractivity contribution < 1.29 is 0 Å². The smallest absolute Gasteiger partial charge is 0.122 e. The van der Waals surface area contributed by atoms with Crippen molar-refractivity contribution in [2.45, 2.75) is 0 Å². The average Bonchev–Trinajstić information content (AvgIpc) is 2.47. The van der Waals surface area contributed by atoms with Crippen molar-refractivity contribution >= 4 is 16.6 Å². The second-order valence-corrected chi connectivity index (χ2v) is 4.52. The maximum Gasteiger partial charge on any atom is 0.122 e. The molecule has 0 unspecified atom stereocenters. The minimum atomic E-state index is 0.101. The van der Waals surface area contributed by atoms with E-state index in [1.54, 1.807) is 0 Å². The molecule has 3 N–H and O–H groups in total. The van der Waals surface area contributed by atoms with Crippen molar-refractivity contribution in [3.05, 3.63) is 72.3 Å². The third-order valence-corrected chi connectivity index (χ3v) is 3.30. The van der Waals surface area contributed by atoms with E-state index in [0.29, 0.717) is 0 Å². The molecule has 0 aliphatic rings. The van der Waals surface area contributed by atoms with Gasteiger partial charge in [-0.2, -0.15) is 0 Å². The standard InChI is InChI=1S/C17H14N2/c18-17(19)14-10-8-13(9-11-14)16-7-3-5-12-4-1-2-6-15(12)16/h1-11H,(H3,18,19). The number of hydrogen-bond donors (Lipinski definition) is 2. The highest BCUT2D eigenvalue weighted by Gasteiger charge is 2.03. The van der Waals surface area contributed by atoms with Gasteiger partial charge in [-0.1, -0.05) is 66.7 Å². The second kappa shape index (κ2) is 4.58. The summed E-state index contributed by atoms with van der Waals surface area (Å²) in [5.41, 5.74) is 8.57. The van der Waals surface area contributed by atoms with Crippen molar-refractivity contribution in [2.24, 2.45) is 5.73 Å². The van der Waals surface area contributed by atoms with Crippen LogP contribution in [0.5, 0.6) is 0 Å². The van der Waals surface area contributed by atoms with Crippen LogP contribution in [0.15, 0.2) is 66.7 Å².